The molecule has 118 valence electrons. The van der Waals surface area contributed by atoms with E-state index in [4.69, 9.17) is 5.11 Å². The minimum atomic E-state index is -1.01. The van der Waals surface area contributed by atoms with Crippen LogP contribution in [0.15, 0.2) is 6.20 Å². The van der Waals surface area contributed by atoms with Crippen LogP contribution in [0.1, 0.15) is 44.4 Å². The number of nitrogens with one attached hydrogen (secondary N) is 2. The molecule has 0 radical (unpaired) electrons. The van der Waals surface area contributed by atoms with Crippen molar-refractivity contribution in [3.8, 4) is 0 Å². The molecule has 0 unspecified atom stereocenters. The molecule has 0 aliphatic carbocycles. The van der Waals surface area contributed by atoms with Crippen LogP contribution in [-0.2, 0) is 24.8 Å². The molecule has 0 bridgehead atoms. The molecule has 2 amide bonds. The van der Waals surface area contributed by atoms with Crippen LogP contribution in [0.5, 0.6) is 0 Å². The standard InChI is InChI=1S/C14H24N4O3/c1-4-6-7-12(13(19)20)16-14(21)15-8-10-9-18(3)17-11(10)5-2/h9,12H,4-8H2,1-3H3,(H,19,20)(H2,15,16,21)/t12-/m0/s1. The third-order valence-electron chi connectivity index (χ3n) is 3.22. The molecule has 1 rings (SSSR count). The maximum atomic E-state index is 11.8. The molecule has 0 aliphatic heterocycles. The second-order valence-electron chi connectivity index (χ2n) is 4.99. The second kappa shape index (κ2) is 8.28. The number of aromatic nitrogens is 2. The molecule has 1 aromatic heterocycles. The minimum Gasteiger partial charge on any atom is -0.480 e. The van der Waals surface area contributed by atoms with Gasteiger partial charge in [0.1, 0.15) is 6.04 Å². The first kappa shape index (κ1) is 17.0. The molecule has 0 aliphatic rings. The monoisotopic (exact) mass is 296 g/mol. The minimum absolute atomic E-state index is 0.336. The van der Waals surface area contributed by atoms with Crippen LogP contribution in [0.2, 0.25) is 0 Å². The number of rotatable bonds is 8. The summed E-state index contributed by atoms with van der Waals surface area (Å²) in [6, 6.07) is -1.31. The van der Waals surface area contributed by atoms with Crippen LogP contribution in [-0.4, -0.2) is 32.9 Å². The third-order valence-corrected chi connectivity index (χ3v) is 3.22. The van der Waals surface area contributed by atoms with Gasteiger partial charge in [0, 0.05) is 25.4 Å². The number of nitrogens with zero attached hydrogens (tertiary/aromatic N) is 2. The molecule has 3 N–H and O–H groups in total. The van der Waals surface area contributed by atoms with E-state index in [0.717, 1.165) is 30.5 Å². The summed E-state index contributed by atoms with van der Waals surface area (Å²) in [7, 11) is 1.83. The van der Waals surface area contributed by atoms with Crippen molar-refractivity contribution in [2.24, 2.45) is 7.05 Å². The lowest BCUT2D eigenvalue weighted by Crippen LogP contribution is -2.45. The maximum Gasteiger partial charge on any atom is 0.326 e. The van der Waals surface area contributed by atoms with Crippen LogP contribution in [0, 0.1) is 0 Å². The van der Waals surface area contributed by atoms with Crippen molar-refractivity contribution >= 4 is 12.0 Å². The zero-order valence-electron chi connectivity index (χ0n) is 12.8. The van der Waals surface area contributed by atoms with Gasteiger partial charge in [0.15, 0.2) is 0 Å². The third kappa shape index (κ3) is 5.45. The SMILES string of the molecule is CCCC[C@H](NC(=O)NCc1cn(C)nc1CC)C(=O)O. The summed E-state index contributed by atoms with van der Waals surface area (Å²) in [5.74, 6) is -1.01. The summed E-state index contributed by atoms with van der Waals surface area (Å²) in [6.07, 6.45) is 4.73. The molecule has 0 fully saturated rings. The van der Waals surface area contributed by atoms with E-state index in [1.54, 1.807) is 4.68 Å². The zero-order chi connectivity index (χ0) is 15.8. The predicted octanol–water partition coefficient (Wildman–Crippen LogP) is 1.43. The Bertz CT molecular complexity index is 485. The van der Waals surface area contributed by atoms with Gasteiger partial charge in [-0.25, -0.2) is 9.59 Å². The number of aryl methyl sites for hydroxylation is 2. The Hall–Kier alpha value is -2.05. The van der Waals surface area contributed by atoms with Crippen LogP contribution in [0.25, 0.3) is 0 Å². The number of aliphatic carboxylic acids is 1. The van der Waals surface area contributed by atoms with Crippen LogP contribution >= 0.6 is 0 Å². The quantitative estimate of drug-likeness (QED) is 0.676. The summed E-state index contributed by atoms with van der Waals surface area (Å²) in [5, 5.41) is 18.5. The van der Waals surface area contributed by atoms with E-state index in [-0.39, 0.29) is 0 Å². The van der Waals surface area contributed by atoms with Crippen molar-refractivity contribution in [1.82, 2.24) is 20.4 Å². The van der Waals surface area contributed by atoms with E-state index < -0.39 is 18.0 Å². The predicted molar refractivity (Wildman–Crippen MR) is 78.9 cm³/mol. The number of carbonyl (C=O) groups is 2. The Kier molecular flexibility index (Phi) is 6.71. The highest BCUT2D eigenvalue weighted by Gasteiger charge is 2.19. The maximum absolute atomic E-state index is 11.8. The zero-order valence-corrected chi connectivity index (χ0v) is 12.8. The number of hydrogen-bond acceptors (Lipinski definition) is 3. The fourth-order valence-electron chi connectivity index (χ4n) is 2.08. The van der Waals surface area contributed by atoms with Gasteiger partial charge in [-0.3, -0.25) is 4.68 Å². The van der Waals surface area contributed by atoms with Gasteiger partial charge in [-0.15, -0.1) is 0 Å². The first-order chi connectivity index (χ1) is 9.97. The summed E-state index contributed by atoms with van der Waals surface area (Å²) < 4.78 is 1.70. The Morgan fingerprint density at radius 1 is 1.43 bits per heavy atom. The molecule has 1 atom stereocenters. The molecule has 0 saturated carbocycles. The summed E-state index contributed by atoms with van der Waals surface area (Å²) in [4.78, 5) is 22.9. The van der Waals surface area contributed by atoms with Crippen molar-refractivity contribution in [3.05, 3.63) is 17.5 Å². The van der Waals surface area contributed by atoms with Crippen LogP contribution in [0.3, 0.4) is 0 Å². The molecular weight excluding hydrogens is 272 g/mol. The average molecular weight is 296 g/mol. The molecule has 0 aromatic carbocycles. The lowest BCUT2D eigenvalue weighted by molar-refractivity contribution is -0.139. The first-order valence-electron chi connectivity index (χ1n) is 7.26. The van der Waals surface area contributed by atoms with E-state index >= 15 is 0 Å². The summed E-state index contributed by atoms with van der Waals surface area (Å²) >= 11 is 0. The van der Waals surface area contributed by atoms with E-state index in [9.17, 15) is 9.59 Å². The van der Waals surface area contributed by atoms with E-state index in [1.807, 2.05) is 27.1 Å². The fraction of sp³-hybridized carbons (Fsp3) is 0.643. The fourth-order valence-corrected chi connectivity index (χ4v) is 2.08. The smallest absolute Gasteiger partial charge is 0.326 e. The Balaban J connectivity index is 2.50. The molecule has 1 aromatic rings. The summed E-state index contributed by atoms with van der Waals surface area (Å²) in [6.45, 7) is 4.31. The van der Waals surface area contributed by atoms with Gasteiger partial charge < -0.3 is 15.7 Å². The molecule has 7 nitrogen and oxygen atoms in total. The van der Waals surface area contributed by atoms with Crippen LogP contribution in [0.4, 0.5) is 4.79 Å². The summed E-state index contributed by atoms with van der Waals surface area (Å²) in [5.41, 5.74) is 1.87. The van der Waals surface area contributed by atoms with Crippen LogP contribution < -0.4 is 10.6 Å². The second-order valence-corrected chi connectivity index (χ2v) is 4.99. The van der Waals surface area contributed by atoms with Gasteiger partial charge in [0.2, 0.25) is 0 Å². The number of carboxylic acids is 1. The Morgan fingerprint density at radius 2 is 2.14 bits per heavy atom. The molecule has 7 heteroatoms. The molecule has 21 heavy (non-hydrogen) atoms. The number of carbonyl (C=O) groups excluding carboxylic acids is 1. The van der Waals surface area contributed by atoms with Crippen molar-refractivity contribution in [2.75, 3.05) is 0 Å². The van der Waals surface area contributed by atoms with E-state index in [1.165, 1.54) is 0 Å². The van der Waals surface area contributed by atoms with Gasteiger partial charge in [0.05, 0.1) is 5.69 Å². The highest BCUT2D eigenvalue weighted by molar-refractivity contribution is 5.82. The normalized spacial score (nSPS) is 12.0. The molecule has 1 heterocycles. The number of urea groups is 1. The first-order valence-corrected chi connectivity index (χ1v) is 7.26. The molecule has 0 spiro atoms. The number of unbranched alkanes of at least 4 members (excludes halogenated alkanes) is 1. The van der Waals surface area contributed by atoms with Gasteiger partial charge >= 0.3 is 12.0 Å². The molecular formula is C14H24N4O3. The Labute approximate surface area is 124 Å². The van der Waals surface area contributed by atoms with Gasteiger partial charge in [-0.05, 0) is 12.8 Å². The van der Waals surface area contributed by atoms with E-state index in [2.05, 4.69) is 15.7 Å². The van der Waals surface area contributed by atoms with E-state index in [0.29, 0.717) is 13.0 Å². The van der Waals surface area contributed by atoms with Crippen molar-refractivity contribution in [3.63, 3.8) is 0 Å². The van der Waals surface area contributed by atoms with Gasteiger partial charge in [0.25, 0.3) is 0 Å². The van der Waals surface area contributed by atoms with Gasteiger partial charge in [-0.2, -0.15) is 5.10 Å². The Morgan fingerprint density at radius 3 is 2.71 bits per heavy atom. The largest absolute Gasteiger partial charge is 0.480 e. The lowest BCUT2D eigenvalue weighted by atomic mass is 10.1. The average Bonchev–Trinajstić information content (AvgIpc) is 2.81. The van der Waals surface area contributed by atoms with Crippen molar-refractivity contribution in [2.45, 2.75) is 52.1 Å². The van der Waals surface area contributed by atoms with Crippen molar-refractivity contribution in [1.29, 1.82) is 0 Å². The highest BCUT2D eigenvalue weighted by atomic mass is 16.4. The number of amides is 2. The number of carboxylic acid groups (broad SMARTS) is 1. The topological polar surface area (TPSA) is 96.3 Å². The lowest BCUT2D eigenvalue weighted by Gasteiger charge is -2.14. The number of hydrogen-bond donors (Lipinski definition) is 3. The van der Waals surface area contributed by atoms with Crippen molar-refractivity contribution < 1.29 is 14.7 Å². The highest BCUT2D eigenvalue weighted by Crippen LogP contribution is 2.06. The van der Waals surface area contributed by atoms with Gasteiger partial charge in [-0.1, -0.05) is 26.7 Å². The molecule has 0 saturated heterocycles.